The molecule has 0 atom stereocenters. The Balaban J connectivity index is 0.000000307. The summed E-state index contributed by atoms with van der Waals surface area (Å²) in [5, 5.41) is 3.83. The second-order valence-electron chi connectivity index (χ2n) is 11.6. The number of aryl methyl sites for hydroxylation is 4. The molecule has 0 bridgehead atoms. The molecule has 0 aliphatic heterocycles. The van der Waals surface area contributed by atoms with E-state index < -0.39 is 20.2 Å². The first-order valence-electron chi connectivity index (χ1n) is 15.9. The summed E-state index contributed by atoms with van der Waals surface area (Å²) in [5.41, 5.74) is 4.88. The molecule has 0 amide bonds. The van der Waals surface area contributed by atoms with Crippen molar-refractivity contribution in [3.8, 4) is 0 Å². The maximum absolute atomic E-state index is 11.3. The maximum Gasteiger partial charge on any atom is 2.00 e. The minimum Gasteiger partial charge on any atom is -0.744 e. The first kappa shape index (κ1) is 39.7. The molecule has 45 heavy (non-hydrogen) atoms. The molecule has 0 radical (unpaired) electrons. The summed E-state index contributed by atoms with van der Waals surface area (Å²) in [5.74, 6) is 0. The third-order valence-electron chi connectivity index (χ3n) is 7.96. The van der Waals surface area contributed by atoms with Gasteiger partial charge < -0.3 is 9.11 Å². The van der Waals surface area contributed by atoms with E-state index in [1.54, 1.807) is 12.1 Å². The van der Waals surface area contributed by atoms with Crippen molar-refractivity contribution < 1.29 is 25.9 Å². The van der Waals surface area contributed by atoms with Crippen molar-refractivity contribution in [2.45, 2.75) is 115 Å². The van der Waals surface area contributed by atoms with Gasteiger partial charge in [0.05, 0.1) is 9.79 Å². The monoisotopic (exact) mass is 678 g/mol. The van der Waals surface area contributed by atoms with Gasteiger partial charge in [-0.25, -0.2) is 16.8 Å². The van der Waals surface area contributed by atoms with Crippen molar-refractivity contribution >= 4 is 79.5 Å². The number of unbranched alkanes of at least 4 members (excludes halogenated alkanes) is 4. The summed E-state index contributed by atoms with van der Waals surface area (Å²) >= 11 is 0. The molecule has 0 unspecified atom stereocenters. The van der Waals surface area contributed by atoms with E-state index in [-0.39, 0.29) is 47.5 Å². The van der Waals surface area contributed by atoms with E-state index >= 15 is 0 Å². The Bertz CT molecular complexity index is 1630. The van der Waals surface area contributed by atoms with Gasteiger partial charge in [0.1, 0.15) is 20.2 Å². The Hall–Kier alpha value is -1.52. The molecule has 0 saturated carbocycles. The third-order valence-corrected chi connectivity index (χ3v) is 9.62. The van der Waals surface area contributed by atoms with E-state index in [4.69, 9.17) is 0 Å². The Morgan fingerprint density at radius 1 is 0.489 bits per heavy atom. The fourth-order valence-corrected chi connectivity index (χ4v) is 6.47. The van der Waals surface area contributed by atoms with Gasteiger partial charge in [0, 0.05) is 0 Å². The zero-order valence-electron chi connectivity index (χ0n) is 27.2. The summed E-state index contributed by atoms with van der Waals surface area (Å²) in [4.78, 5) is -0.280. The largest absolute Gasteiger partial charge is 2.00 e. The van der Waals surface area contributed by atoms with Gasteiger partial charge in [-0.3, -0.25) is 0 Å². The van der Waals surface area contributed by atoms with Crippen molar-refractivity contribution in [1.29, 1.82) is 0 Å². The fourth-order valence-electron chi connectivity index (χ4n) is 5.47. The third kappa shape index (κ3) is 11.9. The van der Waals surface area contributed by atoms with Crippen LogP contribution in [0.25, 0.3) is 21.5 Å². The fraction of sp³-hybridized carbons (Fsp3) is 0.444. The van der Waals surface area contributed by atoms with Crippen molar-refractivity contribution in [2.24, 2.45) is 0 Å². The van der Waals surface area contributed by atoms with Gasteiger partial charge in [0.2, 0.25) is 0 Å². The van der Waals surface area contributed by atoms with Crippen LogP contribution in [0.15, 0.2) is 70.5 Å². The van der Waals surface area contributed by atoms with E-state index in [0.29, 0.717) is 0 Å². The van der Waals surface area contributed by atoms with Crippen LogP contribution in [-0.2, 0) is 45.9 Å². The van der Waals surface area contributed by atoms with Crippen LogP contribution in [0.4, 0.5) is 0 Å². The molecule has 0 aromatic heterocycles. The second kappa shape index (κ2) is 18.7. The predicted molar refractivity (Wildman–Crippen MR) is 184 cm³/mol. The van der Waals surface area contributed by atoms with E-state index in [2.05, 4.69) is 52.0 Å². The van der Waals surface area contributed by atoms with Gasteiger partial charge in [-0.05, 0) is 119 Å². The summed E-state index contributed by atoms with van der Waals surface area (Å²) in [6.45, 7) is 8.61. The Labute approximate surface area is 300 Å². The average molecular weight is 679 g/mol. The van der Waals surface area contributed by atoms with E-state index in [0.717, 1.165) is 110 Å². The predicted octanol–water partition coefficient (Wildman–Crippen LogP) is 8.48. The van der Waals surface area contributed by atoms with Crippen molar-refractivity contribution in [2.75, 3.05) is 0 Å². The van der Waals surface area contributed by atoms with Crippen molar-refractivity contribution in [1.82, 2.24) is 0 Å². The molecule has 4 aromatic rings. The average Bonchev–Trinajstić information content (AvgIpc) is 2.99. The summed E-state index contributed by atoms with van der Waals surface area (Å²) < 4.78 is 67.5. The maximum atomic E-state index is 11.3. The van der Waals surface area contributed by atoms with Crippen molar-refractivity contribution in [3.63, 3.8) is 0 Å². The molecule has 0 heterocycles. The van der Waals surface area contributed by atoms with Crippen molar-refractivity contribution in [3.05, 3.63) is 82.9 Å². The number of benzene rings is 4. The van der Waals surface area contributed by atoms with Gasteiger partial charge in [-0.15, -0.1) is 0 Å². The first-order valence-corrected chi connectivity index (χ1v) is 18.8. The van der Waals surface area contributed by atoms with E-state index in [9.17, 15) is 25.9 Å². The SMILES string of the molecule is CCCCc1cc(CCCC)c2cc(S(=O)(=O)[O-])ccc2c1.CCCCc1cc(CCCC)c2cc(S(=O)(=O)[O-])ccc2c1.[Ca+2]. The Kier molecular flexibility index (Phi) is 16.5. The molecule has 9 heteroatoms. The molecule has 4 rings (SSSR count). The number of hydrogen-bond acceptors (Lipinski definition) is 6. The Morgan fingerprint density at radius 2 is 0.822 bits per heavy atom. The molecule has 0 N–H and O–H groups in total. The van der Waals surface area contributed by atoms with Gasteiger partial charge >= 0.3 is 37.7 Å². The van der Waals surface area contributed by atoms with Crippen LogP contribution in [0.2, 0.25) is 0 Å². The molecule has 6 nitrogen and oxygen atoms in total. The zero-order valence-corrected chi connectivity index (χ0v) is 31.1. The van der Waals surface area contributed by atoms with Crippen LogP contribution in [-0.4, -0.2) is 63.7 Å². The molecule has 0 aliphatic carbocycles. The van der Waals surface area contributed by atoms with Crippen LogP contribution < -0.4 is 0 Å². The van der Waals surface area contributed by atoms with Crippen LogP contribution >= 0.6 is 0 Å². The second-order valence-corrected chi connectivity index (χ2v) is 14.4. The van der Waals surface area contributed by atoms with Crippen LogP contribution in [0.1, 0.15) is 101 Å². The zero-order chi connectivity index (χ0) is 32.3. The number of fused-ring (bicyclic) bond motifs is 2. The number of hydrogen-bond donors (Lipinski definition) is 0. The topological polar surface area (TPSA) is 114 Å². The summed E-state index contributed by atoms with van der Waals surface area (Å²) in [7, 11) is -8.81. The molecular formula is C36H46CaO6S2. The van der Waals surface area contributed by atoms with Gasteiger partial charge in [0.25, 0.3) is 0 Å². The number of rotatable bonds is 14. The van der Waals surface area contributed by atoms with Gasteiger partial charge in [-0.2, -0.15) is 0 Å². The van der Waals surface area contributed by atoms with E-state index in [1.807, 2.05) is 0 Å². The van der Waals surface area contributed by atoms with Crippen LogP contribution in [0.3, 0.4) is 0 Å². The van der Waals surface area contributed by atoms with E-state index in [1.165, 1.54) is 35.4 Å². The molecular weight excluding hydrogens is 633 g/mol. The Morgan fingerprint density at radius 3 is 1.13 bits per heavy atom. The smallest absolute Gasteiger partial charge is 0.744 e. The minimum absolute atomic E-state index is 0. The molecule has 0 spiro atoms. The molecule has 240 valence electrons. The first-order chi connectivity index (χ1) is 20.9. The summed E-state index contributed by atoms with van der Waals surface area (Å²) in [6.07, 6.45) is 12.8. The minimum atomic E-state index is -4.41. The molecule has 0 saturated heterocycles. The van der Waals surface area contributed by atoms with Crippen LogP contribution in [0.5, 0.6) is 0 Å². The molecule has 4 aromatic carbocycles. The molecule has 0 fully saturated rings. The van der Waals surface area contributed by atoms with Crippen LogP contribution in [0, 0.1) is 0 Å². The van der Waals surface area contributed by atoms with Gasteiger partial charge in [-0.1, -0.05) is 89.8 Å². The standard InChI is InChI=1S/2C18H24O3S.Ca/c2*1-3-5-7-14-11-15(8-6-4-2)18-13-17(22(19,20)21)10-9-16(18)12-14;/h2*9-13H,3-8H2,1-2H3,(H,19,20,21);/q;;+2/p-2. The normalized spacial score (nSPS) is 11.7. The molecule has 0 aliphatic rings. The van der Waals surface area contributed by atoms with Gasteiger partial charge in [0.15, 0.2) is 0 Å². The summed E-state index contributed by atoms with van der Waals surface area (Å²) in [6, 6.07) is 18.0. The quantitative estimate of drug-likeness (QED) is 0.0976.